The van der Waals surface area contributed by atoms with E-state index in [-0.39, 0.29) is 11.9 Å². The van der Waals surface area contributed by atoms with Gasteiger partial charge in [-0.25, -0.2) is 0 Å². The van der Waals surface area contributed by atoms with Crippen molar-refractivity contribution in [2.45, 2.75) is 32.2 Å². The second-order valence-electron chi connectivity index (χ2n) is 5.22. The zero-order chi connectivity index (χ0) is 13.5. The van der Waals surface area contributed by atoms with Crippen LogP contribution in [0.25, 0.3) is 0 Å². The Kier molecular flexibility index (Phi) is 6.10. The van der Waals surface area contributed by atoms with E-state index in [9.17, 15) is 4.79 Å². The highest BCUT2D eigenvalue weighted by atomic mass is 16.2. The molecular weight excluding hydrogens is 228 g/mol. The Bertz CT molecular complexity index is 311. The van der Waals surface area contributed by atoms with Crippen molar-refractivity contribution in [1.29, 1.82) is 5.26 Å². The molecule has 1 fully saturated rings. The molecule has 102 valence electrons. The van der Waals surface area contributed by atoms with Gasteiger partial charge in [-0.2, -0.15) is 5.26 Å². The molecule has 0 bridgehead atoms. The first-order chi connectivity index (χ1) is 8.54. The number of nitrogens with zero attached hydrogens (tertiary/aromatic N) is 3. The minimum Gasteiger partial charge on any atom is -0.344 e. The first kappa shape index (κ1) is 14.9. The minimum atomic E-state index is 0.0931. The number of likely N-dealkylation sites (N-methyl/N-ethyl adjacent to an activating group) is 1. The molecule has 0 aromatic carbocycles. The number of carbonyl (C=O) groups excluding carboxylic acids is 1. The second kappa shape index (κ2) is 7.34. The zero-order valence-electron chi connectivity index (χ0n) is 11.4. The predicted octanol–water partition coefficient (Wildman–Crippen LogP) is 0.418. The maximum atomic E-state index is 11.9. The molecule has 0 aliphatic carbocycles. The second-order valence-corrected chi connectivity index (χ2v) is 5.22. The Hall–Kier alpha value is -1.12. The number of piperidine rings is 1. The maximum absolute atomic E-state index is 11.9. The minimum absolute atomic E-state index is 0.0931. The summed E-state index contributed by atoms with van der Waals surface area (Å²) in [7, 11) is 1.76. The molecule has 0 aromatic rings. The van der Waals surface area contributed by atoms with Crippen LogP contribution in [0.1, 0.15) is 26.2 Å². The number of carbonyl (C=O) groups is 1. The molecule has 2 N–H and O–H groups in total. The third-order valence-corrected chi connectivity index (χ3v) is 3.63. The van der Waals surface area contributed by atoms with Gasteiger partial charge in [-0.15, -0.1) is 0 Å². The number of hydrogen-bond acceptors (Lipinski definition) is 4. The van der Waals surface area contributed by atoms with E-state index in [1.165, 1.54) is 0 Å². The number of nitriles is 1. The molecule has 2 unspecified atom stereocenters. The van der Waals surface area contributed by atoms with Crippen molar-refractivity contribution in [1.82, 2.24) is 9.80 Å². The summed E-state index contributed by atoms with van der Waals surface area (Å²) in [5, 5.41) is 8.50. The van der Waals surface area contributed by atoms with Gasteiger partial charge in [0, 0.05) is 26.2 Å². The monoisotopic (exact) mass is 252 g/mol. The van der Waals surface area contributed by atoms with Crippen molar-refractivity contribution < 1.29 is 4.79 Å². The van der Waals surface area contributed by atoms with E-state index < -0.39 is 0 Å². The van der Waals surface area contributed by atoms with Crippen molar-refractivity contribution in [3.05, 3.63) is 0 Å². The van der Waals surface area contributed by atoms with Gasteiger partial charge in [0.15, 0.2) is 0 Å². The molecule has 1 aliphatic rings. The molecule has 1 heterocycles. The Balaban J connectivity index is 2.37. The molecule has 18 heavy (non-hydrogen) atoms. The van der Waals surface area contributed by atoms with Gasteiger partial charge >= 0.3 is 0 Å². The molecule has 0 aromatic heterocycles. The number of rotatable bonds is 5. The fourth-order valence-electron chi connectivity index (χ4n) is 2.32. The quantitative estimate of drug-likeness (QED) is 0.769. The van der Waals surface area contributed by atoms with Crippen LogP contribution in [0, 0.1) is 17.2 Å². The van der Waals surface area contributed by atoms with Gasteiger partial charge in [0.2, 0.25) is 5.91 Å². The fraction of sp³-hybridized carbons (Fsp3) is 0.846. The Morgan fingerprint density at radius 2 is 2.39 bits per heavy atom. The van der Waals surface area contributed by atoms with E-state index in [0.29, 0.717) is 25.4 Å². The van der Waals surface area contributed by atoms with Crippen LogP contribution in [-0.4, -0.2) is 55.0 Å². The van der Waals surface area contributed by atoms with Crippen LogP contribution >= 0.6 is 0 Å². The lowest BCUT2D eigenvalue weighted by Crippen LogP contribution is -2.46. The lowest BCUT2D eigenvalue weighted by atomic mass is 9.92. The third-order valence-electron chi connectivity index (χ3n) is 3.63. The Labute approximate surface area is 110 Å². The topological polar surface area (TPSA) is 73.4 Å². The van der Waals surface area contributed by atoms with E-state index >= 15 is 0 Å². The molecular formula is C13H24N4O. The summed E-state index contributed by atoms with van der Waals surface area (Å²) in [6, 6.07) is 2.25. The van der Waals surface area contributed by atoms with Gasteiger partial charge in [0.25, 0.3) is 0 Å². The van der Waals surface area contributed by atoms with Crippen molar-refractivity contribution in [3.8, 4) is 6.07 Å². The van der Waals surface area contributed by atoms with Gasteiger partial charge in [-0.3, -0.25) is 9.69 Å². The van der Waals surface area contributed by atoms with Crippen molar-refractivity contribution in [2.75, 3.05) is 33.2 Å². The number of likely N-dealkylation sites (tertiary alicyclic amines) is 1. The molecule has 0 spiro atoms. The molecule has 5 heteroatoms. The van der Waals surface area contributed by atoms with Crippen molar-refractivity contribution >= 4 is 5.91 Å². The predicted molar refractivity (Wildman–Crippen MR) is 70.7 cm³/mol. The van der Waals surface area contributed by atoms with Gasteiger partial charge in [-0.1, -0.05) is 0 Å². The normalized spacial score (nSPS) is 22.2. The highest BCUT2D eigenvalue weighted by Gasteiger charge is 2.24. The largest absolute Gasteiger partial charge is 0.344 e. The van der Waals surface area contributed by atoms with E-state index in [0.717, 1.165) is 25.9 Å². The van der Waals surface area contributed by atoms with Crippen molar-refractivity contribution in [2.24, 2.45) is 11.7 Å². The summed E-state index contributed by atoms with van der Waals surface area (Å²) in [5.74, 6) is 0.589. The molecule has 1 rings (SSSR count). The maximum Gasteiger partial charge on any atom is 0.236 e. The molecule has 2 atom stereocenters. The number of amides is 1. The molecule has 1 aliphatic heterocycles. The molecule has 1 amide bonds. The van der Waals surface area contributed by atoms with E-state index in [2.05, 4.69) is 11.0 Å². The van der Waals surface area contributed by atoms with Crippen LogP contribution in [0.2, 0.25) is 0 Å². The van der Waals surface area contributed by atoms with Crippen LogP contribution in [0.5, 0.6) is 0 Å². The highest BCUT2D eigenvalue weighted by Crippen LogP contribution is 2.18. The van der Waals surface area contributed by atoms with E-state index in [1.54, 1.807) is 11.9 Å². The Morgan fingerprint density at radius 1 is 1.67 bits per heavy atom. The van der Waals surface area contributed by atoms with Crippen LogP contribution in [0.4, 0.5) is 0 Å². The lowest BCUT2D eigenvalue weighted by Gasteiger charge is -2.34. The summed E-state index contributed by atoms with van der Waals surface area (Å²) in [4.78, 5) is 15.8. The molecule has 1 saturated heterocycles. The van der Waals surface area contributed by atoms with E-state index in [1.807, 2.05) is 6.92 Å². The highest BCUT2D eigenvalue weighted by molar-refractivity contribution is 5.78. The molecule has 5 nitrogen and oxygen atoms in total. The SMILES string of the molecule is CC(N)C1CCCN(CC(=O)N(C)CCC#N)C1. The standard InChI is InChI=1S/C13H24N4O/c1-11(15)12-5-3-8-17(9-12)10-13(18)16(2)7-4-6-14/h11-12H,3-5,7-10,15H2,1-2H3. The first-order valence-electron chi connectivity index (χ1n) is 6.63. The summed E-state index contributed by atoms with van der Waals surface area (Å²) in [5.41, 5.74) is 5.93. The number of nitrogens with two attached hydrogens (primary N) is 1. The molecule has 0 radical (unpaired) electrons. The summed E-state index contributed by atoms with van der Waals surface area (Å²) in [6.07, 6.45) is 2.67. The van der Waals surface area contributed by atoms with Crippen LogP contribution in [-0.2, 0) is 4.79 Å². The van der Waals surface area contributed by atoms with Gasteiger partial charge in [0.1, 0.15) is 0 Å². The Morgan fingerprint density at radius 3 is 3.00 bits per heavy atom. The van der Waals surface area contributed by atoms with E-state index in [4.69, 9.17) is 11.0 Å². The van der Waals surface area contributed by atoms with Gasteiger partial charge < -0.3 is 10.6 Å². The molecule has 0 saturated carbocycles. The average Bonchev–Trinajstić information content (AvgIpc) is 2.36. The van der Waals surface area contributed by atoms with Crippen LogP contribution in [0.3, 0.4) is 0 Å². The smallest absolute Gasteiger partial charge is 0.236 e. The average molecular weight is 252 g/mol. The summed E-state index contributed by atoms with van der Waals surface area (Å²) >= 11 is 0. The third kappa shape index (κ3) is 4.63. The van der Waals surface area contributed by atoms with Gasteiger partial charge in [0.05, 0.1) is 19.0 Å². The van der Waals surface area contributed by atoms with Crippen molar-refractivity contribution in [3.63, 3.8) is 0 Å². The zero-order valence-corrected chi connectivity index (χ0v) is 11.4. The number of hydrogen-bond donors (Lipinski definition) is 1. The van der Waals surface area contributed by atoms with Crippen LogP contribution < -0.4 is 5.73 Å². The fourth-order valence-corrected chi connectivity index (χ4v) is 2.32. The first-order valence-corrected chi connectivity index (χ1v) is 6.63. The summed E-state index contributed by atoms with van der Waals surface area (Å²) < 4.78 is 0. The lowest BCUT2D eigenvalue weighted by molar-refractivity contribution is -0.131. The summed E-state index contributed by atoms with van der Waals surface area (Å²) in [6.45, 7) is 4.89. The van der Waals surface area contributed by atoms with Gasteiger partial charge in [-0.05, 0) is 32.2 Å². The van der Waals surface area contributed by atoms with Crippen LogP contribution in [0.15, 0.2) is 0 Å².